The van der Waals surface area contributed by atoms with Crippen molar-refractivity contribution in [1.29, 1.82) is 0 Å². The summed E-state index contributed by atoms with van der Waals surface area (Å²) < 4.78 is 104. The third-order valence-electron chi connectivity index (χ3n) is 14.2. The molecule has 1 unspecified atom stereocenters. The molecule has 1 aliphatic carbocycles. The summed E-state index contributed by atoms with van der Waals surface area (Å²) in [6.45, 7) is 15.9. The van der Waals surface area contributed by atoms with E-state index in [1.54, 1.807) is 12.1 Å². The number of morpholine rings is 1. The summed E-state index contributed by atoms with van der Waals surface area (Å²) in [5.74, 6) is -0.660. The van der Waals surface area contributed by atoms with E-state index in [9.17, 15) is 34.8 Å². The normalized spacial score (nSPS) is 21.3. The highest BCUT2D eigenvalue weighted by Crippen LogP contribution is 2.44. The van der Waals surface area contributed by atoms with Gasteiger partial charge in [0.2, 0.25) is 0 Å². The lowest BCUT2D eigenvalue weighted by Gasteiger charge is -2.43. The highest BCUT2D eigenvalue weighted by molar-refractivity contribution is 7.99. The van der Waals surface area contributed by atoms with Crippen molar-refractivity contribution in [3.63, 3.8) is 0 Å². The summed E-state index contributed by atoms with van der Waals surface area (Å²) in [5.41, 5.74) is -1.03. The van der Waals surface area contributed by atoms with E-state index in [0.717, 1.165) is 107 Å². The standard InChI is InChI=1S/C52H65ClF3N7O6S3.ClH/c1-38-35-69-31-30-62(38)23-19-43(36-70-45-6-4-3-5-7-45)58-48-17-16-46(32-49(48)71(65,66)52(54,55)56)72(67,68)59-50(64)40-10-14-44(15-11-40)63-28-26-60(27-29-63)34-41-33-51(2,37-61-24-21-57-22-25-61)20-18-47(41)39-8-12-42(53)13-9-39;/h3-17,32,38,43,57-58H,18-31,33-37H2,1-2H3,(H,59,64);1H/t38-,43?,51-;/m1./s1. The molecule has 73 heavy (non-hydrogen) atoms. The van der Waals surface area contributed by atoms with Gasteiger partial charge in [-0.15, -0.1) is 24.2 Å². The summed E-state index contributed by atoms with van der Waals surface area (Å²) in [4.78, 5) is 21.8. The minimum Gasteiger partial charge on any atom is -0.380 e. The molecule has 398 valence electrons. The molecule has 4 aromatic rings. The number of carbonyl (C=O) groups is 1. The van der Waals surface area contributed by atoms with E-state index in [2.05, 4.69) is 49.3 Å². The molecule has 0 saturated carbocycles. The molecule has 3 N–H and O–H groups in total. The van der Waals surface area contributed by atoms with Crippen LogP contribution >= 0.6 is 35.8 Å². The first-order valence-electron chi connectivity index (χ1n) is 24.6. The number of sulfonamides is 1. The maximum atomic E-state index is 14.3. The number of nitrogens with one attached hydrogen (secondary N) is 3. The maximum Gasteiger partial charge on any atom is 0.501 e. The maximum absolute atomic E-state index is 14.3. The first-order chi connectivity index (χ1) is 34.4. The lowest BCUT2D eigenvalue weighted by atomic mass is 9.71. The van der Waals surface area contributed by atoms with Crippen LogP contribution in [0.15, 0.2) is 117 Å². The van der Waals surface area contributed by atoms with E-state index in [0.29, 0.717) is 49.6 Å². The fourth-order valence-corrected chi connectivity index (χ4v) is 13.3. The molecule has 0 aromatic heterocycles. The van der Waals surface area contributed by atoms with Crippen molar-refractivity contribution < 1.29 is 39.5 Å². The molecule has 4 aliphatic rings. The number of amides is 1. The van der Waals surface area contributed by atoms with Gasteiger partial charge < -0.3 is 25.2 Å². The number of halogens is 5. The van der Waals surface area contributed by atoms with E-state index < -0.39 is 52.8 Å². The highest BCUT2D eigenvalue weighted by atomic mass is 35.5. The molecule has 3 aliphatic heterocycles. The Bertz CT molecular complexity index is 2750. The molecular formula is C52H66Cl2F3N7O6S3. The minimum atomic E-state index is -6.07. The number of piperazine rings is 2. The zero-order valence-electron chi connectivity index (χ0n) is 41.2. The number of allylic oxidation sites excluding steroid dienone is 1. The van der Waals surface area contributed by atoms with E-state index in [1.165, 1.54) is 40.6 Å². The van der Waals surface area contributed by atoms with Gasteiger partial charge in [0.05, 0.1) is 23.8 Å². The van der Waals surface area contributed by atoms with Crippen LogP contribution in [0.1, 0.15) is 55.5 Å². The van der Waals surface area contributed by atoms with Crippen molar-refractivity contribution in [2.45, 2.75) is 71.8 Å². The number of rotatable bonds is 18. The minimum absolute atomic E-state index is 0. The number of anilines is 2. The van der Waals surface area contributed by atoms with Crippen LogP contribution in [0.25, 0.3) is 5.57 Å². The Morgan fingerprint density at radius 3 is 2.27 bits per heavy atom. The van der Waals surface area contributed by atoms with Gasteiger partial charge in [-0.3, -0.25) is 14.6 Å². The molecule has 3 fully saturated rings. The molecule has 3 heterocycles. The van der Waals surface area contributed by atoms with Crippen LogP contribution in [0.5, 0.6) is 0 Å². The number of thioether (sulfide) groups is 1. The number of hydrogen-bond donors (Lipinski definition) is 3. The Kier molecular flexibility index (Phi) is 19.3. The van der Waals surface area contributed by atoms with Gasteiger partial charge in [0.25, 0.3) is 25.8 Å². The van der Waals surface area contributed by atoms with Gasteiger partial charge in [-0.2, -0.15) is 13.2 Å². The van der Waals surface area contributed by atoms with Crippen molar-refractivity contribution in [1.82, 2.24) is 24.7 Å². The van der Waals surface area contributed by atoms with Crippen molar-refractivity contribution in [2.75, 3.05) is 108 Å². The largest absolute Gasteiger partial charge is 0.501 e. The van der Waals surface area contributed by atoms with Gasteiger partial charge in [0, 0.05) is 118 Å². The Hall–Kier alpha value is -3.89. The van der Waals surface area contributed by atoms with Gasteiger partial charge in [-0.1, -0.05) is 54.4 Å². The molecule has 13 nitrogen and oxygen atoms in total. The van der Waals surface area contributed by atoms with Crippen molar-refractivity contribution in [3.05, 3.63) is 119 Å². The van der Waals surface area contributed by atoms with E-state index >= 15 is 0 Å². The smallest absolute Gasteiger partial charge is 0.380 e. The first kappa shape index (κ1) is 56.8. The van der Waals surface area contributed by atoms with Gasteiger partial charge in [0.1, 0.15) is 4.90 Å². The molecule has 3 atom stereocenters. The Morgan fingerprint density at radius 1 is 0.904 bits per heavy atom. The number of carbonyl (C=O) groups excluding carboxylic acids is 1. The number of nitrogens with zero attached hydrogens (tertiary/aromatic N) is 4. The van der Waals surface area contributed by atoms with Gasteiger partial charge in [0.15, 0.2) is 0 Å². The monoisotopic (exact) mass is 1110 g/mol. The summed E-state index contributed by atoms with van der Waals surface area (Å²) in [6.07, 6.45) is 3.59. The highest BCUT2D eigenvalue weighted by Gasteiger charge is 2.48. The second-order valence-electron chi connectivity index (χ2n) is 19.7. The van der Waals surface area contributed by atoms with Crippen LogP contribution < -0.4 is 20.3 Å². The fourth-order valence-electron chi connectivity index (χ4n) is 10.2. The molecular weight excluding hydrogens is 1040 g/mol. The van der Waals surface area contributed by atoms with Crippen LogP contribution in [0.4, 0.5) is 24.5 Å². The lowest BCUT2D eigenvalue weighted by Crippen LogP contribution is -2.49. The molecule has 0 bridgehead atoms. The SMILES string of the molecule is C[C@@H]1COCCN1CCC(CSc1ccccc1)Nc1ccc(S(=O)(=O)NC(=O)c2ccc(N3CCN(CC4=C(c5ccc(Cl)cc5)CC[C@@](C)(CN5CCNCC5)C4)CC3)cc2)cc1S(=O)(=O)C(F)(F)F.Cl. The number of hydrogen-bond acceptors (Lipinski definition) is 13. The average molecular weight is 1110 g/mol. The molecule has 1 amide bonds. The molecule has 3 saturated heterocycles. The van der Waals surface area contributed by atoms with Crippen LogP contribution in [0.3, 0.4) is 0 Å². The summed E-state index contributed by atoms with van der Waals surface area (Å²) in [6, 6.07) is 26.1. The Labute approximate surface area is 444 Å². The summed E-state index contributed by atoms with van der Waals surface area (Å²) in [7, 11) is -10.9. The van der Waals surface area contributed by atoms with Crippen LogP contribution in [-0.2, 0) is 24.6 Å². The van der Waals surface area contributed by atoms with E-state index in [4.69, 9.17) is 16.3 Å². The van der Waals surface area contributed by atoms with Gasteiger partial charge >= 0.3 is 5.51 Å². The zero-order valence-corrected chi connectivity index (χ0v) is 45.2. The van der Waals surface area contributed by atoms with Gasteiger partial charge in [-0.05, 0) is 116 Å². The quantitative estimate of drug-likeness (QED) is 0.0821. The molecule has 21 heteroatoms. The van der Waals surface area contributed by atoms with Crippen LogP contribution in [-0.4, -0.2) is 153 Å². The molecule has 4 aromatic carbocycles. The summed E-state index contributed by atoms with van der Waals surface area (Å²) >= 11 is 7.74. The van der Waals surface area contributed by atoms with E-state index in [-0.39, 0.29) is 29.4 Å². The second-order valence-corrected chi connectivity index (χ2v) is 24.8. The number of alkyl halides is 3. The Morgan fingerprint density at radius 2 is 1.60 bits per heavy atom. The number of ether oxygens (including phenoxy) is 1. The third kappa shape index (κ3) is 14.7. The molecule has 0 spiro atoms. The topological polar surface area (TPSA) is 144 Å². The predicted molar refractivity (Wildman–Crippen MR) is 287 cm³/mol. The summed E-state index contributed by atoms with van der Waals surface area (Å²) in [5, 5.41) is 7.20. The Balaban J connectivity index is 0.00000780. The van der Waals surface area contributed by atoms with Crippen LogP contribution in [0, 0.1) is 5.41 Å². The zero-order chi connectivity index (χ0) is 51.1. The lowest BCUT2D eigenvalue weighted by molar-refractivity contribution is -0.0435. The van der Waals surface area contributed by atoms with E-state index in [1.807, 2.05) is 54.1 Å². The molecule has 8 rings (SSSR count). The molecule has 0 radical (unpaired) electrons. The van der Waals surface area contributed by atoms with Crippen LogP contribution in [0.2, 0.25) is 5.02 Å². The predicted octanol–water partition coefficient (Wildman–Crippen LogP) is 8.53. The number of benzene rings is 4. The van der Waals surface area contributed by atoms with Crippen molar-refractivity contribution >= 4 is 78.5 Å². The van der Waals surface area contributed by atoms with Crippen molar-refractivity contribution in [2.24, 2.45) is 5.41 Å². The van der Waals surface area contributed by atoms with Crippen molar-refractivity contribution in [3.8, 4) is 0 Å². The first-order valence-corrected chi connectivity index (χ1v) is 28.9. The average Bonchev–Trinajstić information content (AvgIpc) is 3.36. The fraction of sp³-hybridized carbons (Fsp3) is 0.481. The van der Waals surface area contributed by atoms with Gasteiger partial charge in [-0.25, -0.2) is 21.6 Å². The second kappa shape index (κ2) is 24.8. The third-order valence-corrected chi connectivity index (χ3v) is 18.5. The number of sulfone groups is 1.